The van der Waals surface area contributed by atoms with Crippen molar-refractivity contribution in [3.8, 4) is 5.75 Å². The van der Waals surface area contributed by atoms with Gasteiger partial charge in [0.05, 0.1) is 13.2 Å². The van der Waals surface area contributed by atoms with Crippen LogP contribution in [-0.4, -0.2) is 26.4 Å². The molecule has 2 aromatic rings. The third kappa shape index (κ3) is 3.61. The fourth-order valence-corrected chi connectivity index (χ4v) is 4.57. The SMILES string of the molecule is COc1ccccc1[C@@H]1CCCN1S(=O)(=O)NCc1ccccc1. The van der Waals surface area contributed by atoms with E-state index in [0.29, 0.717) is 6.54 Å². The highest BCUT2D eigenvalue weighted by Gasteiger charge is 2.36. The Balaban J connectivity index is 1.79. The second-order valence-corrected chi connectivity index (χ2v) is 7.53. The second-order valence-electron chi connectivity index (χ2n) is 5.82. The monoisotopic (exact) mass is 346 g/mol. The van der Waals surface area contributed by atoms with Gasteiger partial charge in [0.1, 0.15) is 5.75 Å². The van der Waals surface area contributed by atoms with E-state index in [2.05, 4.69) is 4.72 Å². The number of nitrogens with one attached hydrogen (secondary N) is 1. The Kier molecular flexibility index (Phi) is 5.18. The van der Waals surface area contributed by atoms with E-state index in [-0.39, 0.29) is 12.6 Å². The molecule has 1 aliphatic heterocycles. The molecule has 0 aromatic heterocycles. The van der Waals surface area contributed by atoms with Crippen LogP contribution in [0.2, 0.25) is 0 Å². The molecule has 0 bridgehead atoms. The minimum absolute atomic E-state index is 0.186. The van der Waals surface area contributed by atoms with Crippen molar-refractivity contribution in [2.24, 2.45) is 0 Å². The number of rotatable bonds is 6. The Morgan fingerprint density at radius 3 is 2.58 bits per heavy atom. The Labute approximate surface area is 143 Å². The fourth-order valence-electron chi connectivity index (χ4n) is 3.13. The van der Waals surface area contributed by atoms with Gasteiger partial charge in [0, 0.05) is 18.7 Å². The second kappa shape index (κ2) is 7.34. The zero-order chi connectivity index (χ0) is 17.0. The summed E-state index contributed by atoms with van der Waals surface area (Å²) >= 11 is 0. The van der Waals surface area contributed by atoms with Crippen molar-refractivity contribution in [1.29, 1.82) is 0 Å². The molecule has 1 aliphatic rings. The van der Waals surface area contributed by atoms with Crippen molar-refractivity contribution in [3.63, 3.8) is 0 Å². The topological polar surface area (TPSA) is 58.6 Å². The van der Waals surface area contributed by atoms with Crippen LogP contribution in [0.1, 0.15) is 30.0 Å². The van der Waals surface area contributed by atoms with Crippen LogP contribution in [-0.2, 0) is 16.8 Å². The summed E-state index contributed by atoms with van der Waals surface area (Å²) in [6.45, 7) is 0.811. The molecule has 1 atom stereocenters. The number of benzene rings is 2. The molecule has 1 fully saturated rings. The summed E-state index contributed by atoms with van der Waals surface area (Å²) in [4.78, 5) is 0. The van der Waals surface area contributed by atoms with E-state index in [9.17, 15) is 8.42 Å². The molecule has 0 aliphatic carbocycles. The summed E-state index contributed by atoms with van der Waals surface area (Å²) in [7, 11) is -1.94. The van der Waals surface area contributed by atoms with Gasteiger partial charge in [0.15, 0.2) is 0 Å². The van der Waals surface area contributed by atoms with Gasteiger partial charge in [0.25, 0.3) is 10.2 Å². The van der Waals surface area contributed by atoms with Crippen LogP contribution in [0.4, 0.5) is 0 Å². The summed E-state index contributed by atoms with van der Waals surface area (Å²) in [5, 5.41) is 0. The fraction of sp³-hybridized carbons (Fsp3) is 0.333. The Morgan fingerprint density at radius 1 is 1.12 bits per heavy atom. The first-order chi connectivity index (χ1) is 11.6. The largest absolute Gasteiger partial charge is 0.496 e. The third-order valence-electron chi connectivity index (χ3n) is 4.31. The quantitative estimate of drug-likeness (QED) is 0.875. The lowest BCUT2D eigenvalue weighted by molar-refractivity contribution is 0.363. The maximum absolute atomic E-state index is 12.8. The first-order valence-corrected chi connectivity index (χ1v) is 9.49. The molecule has 0 unspecified atom stereocenters. The minimum Gasteiger partial charge on any atom is -0.496 e. The summed E-state index contributed by atoms with van der Waals surface area (Å²) in [6, 6.07) is 17.0. The van der Waals surface area contributed by atoms with E-state index in [0.717, 1.165) is 29.7 Å². The molecular weight excluding hydrogens is 324 g/mol. The highest BCUT2D eigenvalue weighted by atomic mass is 32.2. The highest BCUT2D eigenvalue weighted by Crippen LogP contribution is 2.38. The standard InChI is InChI=1S/C18H22N2O3S/c1-23-18-12-6-5-10-16(18)17-11-7-13-20(17)24(21,22)19-14-15-8-3-2-4-9-15/h2-6,8-10,12,17,19H,7,11,13-14H2,1H3/t17-/m0/s1. The van der Waals surface area contributed by atoms with Gasteiger partial charge in [0.2, 0.25) is 0 Å². The van der Waals surface area contributed by atoms with E-state index in [1.165, 1.54) is 0 Å². The number of nitrogens with zero attached hydrogens (tertiary/aromatic N) is 1. The molecular formula is C18H22N2O3S. The molecule has 2 aromatic carbocycles. The first-order valence-electron chi connectivity index (χ1n) is 8.05. The smallest absolute Gasteiger partial charge is 0.280 e. The molecule has 0 radical (unpaired) electrons. The number of para-hydroxylation sites is 1. The van der Waals surface area contributed by atoms with Crippen molar-refractivity contribution < 1.29 is 13.2 Å². The van der Waals surface area contributed by atoms with E-state index in [1.807, 2.05) is 54.6 Å². The first kappa shape index (κ1) is 17.0. The van der Waals surface area contributed by atoms with Gasteiger partial charge in [-0.25, -0.2) is 0 Å². The van der Waals surface area contributed by atoms with Crippen molar-refractivity contribution >= 4 is 10.2 Å². The zero-order valence-corrected chi connectivity index (χ0v) is 14.5. The predicted octanol–water partition coefficient (Wildman–Crippen LogP) is 2.87. The van der Waals surface area contributed by atoms with E-state index in [4.69, 9.17) is 4.74 Å². The Morgan fingerprint density at radius 2 is 1.83 bits per heavy atom. The third-order valence-corrected chi connectivity index (χ3v) is 5.88. The lowest BCUT2D eigenvalue weighted by atomic mass is 10.0. The van der Waals surface area contributed by atoms with Gasteiger partial charge in [-0.3, -0.25) is 0 Å². The summed E-state index contributed by atoms with van der Waals surface area (Å²) in [6.07, 6.45) is 1.64. The molecule has 128 valence electrons. The van der Waals surface area contributed by atoms with Gasteiger partial charge in [-0.2, -0.15) is 17.4 Å². The van der Waals surface area contributed by atoms with Gasteiger partial charge in [-0.1, -0.05) is 48.5 Å². The van der Waals surface area contributed by atoms with Crippen LogP contribution in [0.25, 0.3) is 0 Å². The maximum Gasteiger partial charge on any atom is 0.280 e. The molecule has 0 amide bonds. The average Bonchev–Trinajstić information content (AvgIpc) is 3.11. The molecule has 24 heavy (non-hydrogen) atoms. The van der Waals surface area contributed by atoms with Gasteiger partial charge < -0.3 is 4.74 Å². The summed E-state index contributed by atoms with van der Waals surface area (Å²) in [5.41, 5.74) is 1.86. The molecule has 0 saturated carbocycles. The Hall–Kier alpha value is -1.89. The minimum atomic E-state index is -3.55. The van der Waals surface area contributed by atoms with E-state index >= 15 is 0 Å². The molecule has 3 rings (SSSR count). The maximum atomic E-state index is 12.8. The lowest BCUT2D eigenvalue weighted by Crippen LogP contribution is -2.40. The van der Waals surface area contributed by atoms with Crippen molar-refractivity contribution in [1.82, 2.24) is 9.03 Å². The van der Waals surface area contributed by atoms with Crippen molar-refractivity contribution in [2.75, 3.05) is 13.7 Å². The van der Waals surface area contributed by atoms with Crippen LogP contribution in [0.15, 0.2) is 54.6 Å². The van der Waals surface area contributed by atoms with Crippen molar-refractivity contribution in [2.45, 2.75) is 25.4 Å². The van der Waals surface area contributed by atoms with E-state index < -0.39 is 10.2 Å². The molecule has 5 nitrogen and oxygen atoms in total. The van der Waals surface area contributed by atoms with Crippen LogP contribution in [0.5, 0.6) is 5.75 Å². The molecule has 6 heteroatoms. The number of hydrogen-bond donors (Lipinski definition) is 1. The normalized spacial score (nSPS) is 18.6. The predicted molar refractivity (Wildman–Crippen MR) is 93.9 cm³/mol. The van der Waals surface area contributed by atoms with Gasteiger partial charge >= 0.3 is 0 Å². The number of hydrogen-bond acceptors (Lipinski definition) is 3. The molecule has 1 N–H and O–H groups in total. The number of methoxy groups -OCH3 is 1. The van der Waals surface area contributed by atoms with E-state index in [1.54, 1.807) is 11.4 Å². The number of ether oxygens (including phenoxy) is 1. The van der Waals surface area contributed by atoms with Crippen LogP contribution >= 0.6 is 0 Å². The zero-order valence-electron chi connectivity index (χ0n) is 13.7. The van der Waals surface area contributed by atoms with Crippen molar-refractivity contribution in [3.05, 3.63) is 65.7 Å². The van der Waals surface area contributed by atoms with Crippen LogP contribution < -0.4 is 9.46 Å². The van der Waals surface area contributed by atoms with Crippen LogP contribution in [0, 0.1) is 0 Å². The van der Waals surface area contributed by atoms with Gasteiger partial charge in [-0.15, -0.1) is 0 Å². The summed E-state index contributed by atoms with van der Waals surface area (Å²) < 4.78 is 35.2. The van der Waals surface area contributed by atoms with Gasteiger partial charge in [-0.05, 0) is 24.5 Å². The van der Waals surface area contributed by atoms with Crippen LogP contribution in [0.3, 0.4) is 0 Å². The Bertz CT molecular complexity index is 778. The summed E-state index contributed by atoms with van der Waals surface area (Å²) in [5.74, 6) is 0.729. The lowest BCUT2D eigenvalue weighted by Gasteiger charge is -2.25. The molecule has 1 saturated heterocycles. The highest BCUT2D eigenvalue weighted by molar-refractivity contribution is 7.87. The average molecular weight is 346 g/mol. The molecule has 0 spiro atoms. The molecule has 1 heterocycles.